The Morgan fingerprint density at radius 3 is 1.57 bits per heavy atom. The van der Waals surface area contributed by atoms with Gasteiger partial charge in [-0.25, -0.2) is 9.97 Å². The van der Waals surface area contributed by atoms with Gasteiger partial charge in [-0.3, -0.25) is 0 Å². The van der Waals surface area contributed by atoms with E-state index in [1.807, 2.05) is 67.6 Å². The third kappa shape index (κ3) is 4.02. The second-order valence-electron chi connectivity index (χ2n) is 9.88. The summed E-state index contributed by atoms with van der Waals surface area (Å²) in [7, 11) is 0. The van der Waals surface area contributed by atoms with Crippen molar-refractivity contribution in [3.05, 3.63) is 168 Å². The zero-order valence-corrected chi connectivity index (χ0v) is 22.0. The fourth-order valence-corrected chi connectivity index (χ4v) is 5.79. The summed E-state index contributed by atoms with van der Waals surface area (Å²) in [6.45, 7) is 1.96. The summed E-state index contributed by atoms with van der Waals surface area (Å²) in [5.74, 6) is 2.64. The van der Waals surface area contributed by atoms with Crippen LogP contribution in [0.25, 0.3) is 11.1 Å². The SMILES string of the molecule is Cc1cccc(Oc2ccc(C3(c4ccc(Oc5ccccn5)cc4)c4ccccc4-c4ccccc43)cc2)n1. The van der Waals surface area contributed by atoms with Crippen molar-refractivity contribution in [3.8, 4) is 34.4 Å². The van der Waals surface area contributed by atoms with E-state index in [4.69, 9.17) is 9.47 Å². The molecule has 1 aliphatic rings. The summed E-state index contributed by atoms with van der Waals surface area (Å²) in [5.41, 5.74) is 7.74. The average Bonchev–Trinajstić information content (AvgIpc) is 3.30. The molecule has 0 unspecified atom stereocenters. The minimum Gasteiger partial charge on any atom is -0.439 e. The molecule has 6 aromatic rings. The van der Waals surface area contributed by atoms with Gasteiger partial charge in [-0.05, 0) is 76.7 Å². The van der Waals surface area contributed by atoms with Gasteiger partial charge < -0.3 is 9.47 Å². The Morgan fingerprint density at radius 2 is 1.02 bits per heavy atom. The van der Waals surface area contributed by atoms with Crippen molar-refractivity contribution in [1.82, 2.24) is 9.97 Å². The third-order valence-corrected chi connectivity index (χ3v) is 7.47. The molecular formula is C36H26N2O2. The van der Waals surface area contributed by atoms with Crippen LogP contribution in [0.15, 0.2) is 140 Å². The van der Waals surface area contributed by atoms with E-state index in [0.29, 0.717) is 11.8 Å². The number of rotatable bonds is 6. The molecule has 4 nitrogen and oxygen atoms in total. The second-order valence-corrected chi connectivity index (χ2v) is 9.88. The van der Waals surface area contributed by atoms with E-state index in [2.05, 4.69) is 82.8 Å². The fraction of sp³-hybridized carbons (Fsp3) is 0.0556. The zero-order valence-electron chi connectivity index (χ0n) is 22.0. The van der Waals surface area contributed by atoms with Gasteiger partial charge in [0.2, 0.25) is 11.8 Å². The molecule has 0 aliphatic heterocycles. The van der Waals surface area contributed by atoms with Crippen LogP contribution in [0.5, 0.6) is 23.3 Å². The van der Waals surface area contributed by atoms with E-state index in [-0.39, 0.29) is 0 Å². The van der Waals surface area contributed by atoms with Gasteiger partial charge in [0.1, 0.15) is 11.5 Å². The van der Waals surface area contributed by atoms with Crippen molar-refractivity contribution in [3.63, 3.8) is 0 Å². The molecule has 0 spiro atoms. The highest BCUT2D eigenvalue weighted by Gasteiger charge is 2.45. The van der Waals surface area contributed by atoms with Crippen LogP contribution in [-0.2, 0) is 5.41 Å². The Morgan fingerprint density at radius 1 is 0.500 bits per heavy atom. The molecule has 0 saturated carbocycles. The van der Waals surface area contributed by atoms with Gasteiger partial charge in [0.15, 0.2) is 0 Å². The van der Waals surface area contributed by atoms with E-state index in [0.717, 1.165) is 28.3 Å². The van der Waals surface area contributed by atoms with Crippen LogP contribution in [0.2, 0.25) is 0 Å². The summed E-state index contributed by atoms with van der Waals surface area (Å²) in [4.78, 5) is 8.79. The molecule has 40 heavy (non-hydrogen) atoms. The topological polar surface area (TPSA) is 44.2 Å². The van der Waals surface area contributed by atoms with Crippen LogP contribution < -0.4 is 9.47 Å². The maximum absolute atomic E-state index is 6.09. The Balaban J connectivity index is 1.36. The van der Waals surface area contributed by atoms with Crippen LogP contribution >= 0.6 is 0 Å². The number of nitrogens with zero attached hydrogens (tertiary/aromatic N) is 2. The molecule has 0 radical (unpaired) electrons. The Bertz CT molecular complexity index is 1750. The van der Waals surface area contributed by atoms with Crippen molar-refractivity contribution in [2.24, 2.45) is 0 Å². The molecule has 2 heterocycles. The van der Waals surface area contributed by atoms with Gasteiger partial charge in [0.05, 0.1) is 5.41 Å². The molecule has 0 fully saturated rings. The monoisotopic (exact) mass is 518 g/mol. The van der Waals surface area contributed by atoms with Crippen molar-refractivity contribution < 1.29 is 9.47 Å². The first kappa shape index (κ1) is 23.9. The van der Waals surface area contributed by atoms with Crippen LogP contribution in [0, 0.1) is 6.92 Å². The number of aromatic nitrogens is 2. The summed E-state index contributed by atoms with van der Waals surface area (Å²) >= 11 is 0. The predicted molar refractivity (Wildman–Crippen MR) is 157 cm³/mol. The largest absolute Gasteiger partial charge is 0.439 e. The van der Waals surface area contributed by atoms with E-state index in [1.165, 1.54) is 22.3 Å². The van der Waals surface area contributed by atoms with Crippen LogP contribution in [0.3, 0.4) is 0 Å². The number of pyridine rings is 2. The summed E-state index contributed by atoms with van der Waals surface area (Å²) in [6.07, 6.45) is 1.73. The molecule has 4 aromatic carbocycles. The van der Waals surface area contributed by atoms with E-state index in [1.54, 1.807) is 6.20 Å². The Kier molecular flexibility index (Phi) is 5.86. The van der Waals surface area contributed by atoms with Crippen LogP contribution in [-0.4, -0.2) is 9.97 Å². The van der Waals surface area contributed by atoms with Crippen molar-refractivity contribution in [2.45, 2.75) is 12.3 Å². The number of fused-ring (bicyclic) bond motifs is 3. The zero-order chi connectivity index (χ0) is 26.9. The molecule has 0 saturated heterocycles. The summed E-state index contributed by atoms with van der Waals surface area (Å²) in [6, 6.07) is 45.6. The molecular weight excluding hydrogens is 492 g/mol. The lowest BCUT2D eigenvalue weighted by molar-refractivity contribution is 0.461. The molecule has 7 rings (SSSR count). The lowest BCUT2D eigenvalue weighted by Crippen LogP contribution is -2.28. The first-order valence-corrected chi connectivity index (χ1v) is 13.3. The van der Waals surface area contributed by atoms with Gasteiger partial charge in [0.25, 0.3) is 0 Å². The lowest BCUT2D eigenvalue weighted by Gasteiger charge is -2.34. The molecule has 4 heteroatoms. The first-order valence-electron chi connectivity index (χ1n) is 13.3. The summed E-state index contributed by atoms with van der Waals surface area (Å²) in [5, 5.41) is 0. The molecule has 2 aromatic heterocycles. The number of hydrogen-bond acceptors (Lipinski definition) is 4. The quantitative estimate of drug-likeness (QED) is 0.221. The van der Waals surface area contributed by atoms with Crippen molar-refractivity contribution >= 4 is 0 Å². The highest BCUT2D eigenvalue weighted by Crippen LogP contribution is 2.56. The first-order chi connectivity index (χ1) is 19.7. The van der Waals surface area contributed by atoms with Gasteiger partial charge in [-0.1, -0.05) is 84.9 Å². The van der Waals surface area contributed by atoms with E-state index < -0.39 is 5.41 Å². The van der Waals surface area contributed by atoms with Crippen molar-refractivity contribution in [2.75, 3.05) is 0 Å². The maximum atomic E-state index is 6.09. The minimum atomic E-state index is -0.503. The third-order valence-electron chi connectivity index (χ3n) is 7.47. The molecule has 0 amide bonds. The number of aryl methyl sites for hydroxylation is 1. The Hall–Kier alpha value is -5.22. The smallest absolute Gasteiger partial charge is 0.219 e. The predicted octanol–water partition coefficient (Wildman–Crippen LogP) is 8.73. The van der Waals surface area contributed by atoms with Gasteiger partial charge >= 0.3 is 0 Å². The highest BCUT2D eigenvalue weighted by molar-refractivity contribution is 5.86. The number of benzene rings is 4. The minimum absolute atomic E-state index is 0.503. The molecule has 0 N–H and O–H groups in total. The molecule has 0 atom stereocenters. The van der Waals surface area contributed by atoms with E-state index >= 15 is 0 Å². The van der Waals surface area contributed by atoms with Crippen LogP contribution in [0.4, 0.5) is 0 Å². The van der Waals surface area contributed by atoms with Gasteiger partial charge in [-0.2, -0.15) is 0 Å². The molecule has 192 valence electrons. The summed E-state index contributed by atoms with van der Waals surface area (Å²) < 4.78 is 12.1. The fourth-order valence-electron chi connectivity index (χ4n) is 5.79. The lowest BCUT2D eigenvalue weighted by atomic mass is 9.68. The number of ether oxygens (including phenoxy) is 2. The molecule has 1 aliphatic carbocycles. The molecule has 0 bridgehead atoms. The standard InChI is InChI=1S/C36H26N2O2/c1-25-9-8-15-35(38-25)40-29-22-18-27(19-23-29)36(26-16-20-28(21-17-26)39-34-14-6-7-24-37-34)32-12-4-2-10-30(32)31-11-3-5-13-33(31)36/h2-24H,1H3. The maximum Gasteiger partial charge on any atom is 0.219 e. The second kappa shape index (κ2) is 9.83. The normalized spacial score (nSPS) is 12.8. The van der Waals surface area contributed by atoms with E-state index in [9.17, 15) is 0 Å². The number of hydrogen-bond donors (Lipinski definition) is 0. The van der Waals surface area contributed by atoms with Gasteiger partial charge in [-0.15, -0.1) is 0 Å². The van der Waals surface area contributed by atoms with Crippen molar-refractivity contribution in [1.29, 1.82) is 0 Å². The Labute approximate surface area is 233 Å². The average molecular weight is 519 g/mol. The van der Waals surface area contributed by atoms with Gasteiger partial charge in [0, 0.05) is 24.0 Å². The van der Waals surface area contributed by atoms with Crippen LogP contribution in [0.1, 0.15) is 27.9 Å². The highest BCUT2D eigenvalue weighted by atomic mass is 16.5.